The van der Waals surface area contributed by atoms with Crippen molar-refractivity contribution in [1.29, 1.82) is 0 Å². The predicted molar refractivity (Wildman–Crippen MR) is 81.7 cm³/mol. The van der Waals surface area contributed by atoms with Crippen LogP contribution in [0.4, 0.5) is 0 Å². The molecule has 4 nitrogen and oxygen atoms in total. The highest BCUT2D eigenvalue weighted by Gasteiger charge is 2.21. The Labute approximate surface area is 128 Å². The third-order valence-corrected chi connectivity index (χ3v) is 3.49. The van der Waals surface area contributed by atoms with Gasteiger partial charge in [0.05, 0.1) is 12.3 Å². The summed E-state index contributed by atoms with van der Waals surface area (Å²) in [6, 6.07) is 9.68. The summed E-state index contributed by atoms with van der Waals surface area (Å²) >= 11 is 5.32. The molecule has 0 spiro atoms. The number of aromatic amines is 1. The molecule has 0 aliphatic rings. The van der Waals surface area contributed by atoms with Crippen LogP contribution in [0.25, 0.3) is 11.3 Å². The molecule has 1 N–H and O–H groups in total. The third-order valence-electron chi connectivity index (χ3n) is 3.32. The van der Waals surface area contributed by atoms with Crippen LogP contribution >= 0.6 is 11.6 Å². The molecule has 1 aromatic carbocycles. The van der Waals surface area contributed by atoms with Crippen molar-refractivity contribution in [3.8, 4) is 11.3 Å². The summed E-state index contributed by atoms with van der Waals surface area (Å²) in [7, 11) is 1.59. The Bertz CT molecular complexity index is 676. The van der Waals surface area contributed by atoms with Gasteiger partial charge in [-0.05, 0) is 42.1 Å². The molecule has 1 aromatic heterocycles. The second-order valence-corrected chi connectivity index (χ2v) is 5.09. The van der Waals surface area contributed by atoms with E-state index in [4.69, 9.17) is 16.3 Å². The number of hydrogen-bond donors (Lipinski definition) is 1. The molecule has 0 fully saturated rings. The fraction of sp³-hybridized carbons (Fsp3) is 0.250. The molecule has 21 heavy (non-hydrogen) atoms. The Balaban J connectivity index is 2.47. The van der Waals surface area contributed by atoms with Crippen molar-refractivity contribution in [2.75, 3.05) is 13.7 Å². The summed E-state index contributed by atoms with van der Waals surface area (Å²) in [5, 5.41) is -0.994. The first kappa shape index (κ1) is 15.5. The van der Waals surface area contributed by atoms with Crippen molar-refractivity contribution < 1.29 is 14.3 Å². The number of H-pyrrole nitrogens is 1. The highest BCUT2D eigenvalue weighted by Crippen LogP contribution is 2.26. The molecular weight excluding hydrogens is 290 g/mol. The molecule has 0 aliphatic carbocycles. The van der Waals surface area contributed by atoms with Crippen LogP contribution in [0, 0.1) is 6.92 Å². The monoisotopic (exact) mass is 305 g/mol. The van der Waals surface area contributed by atoms with E-state index in [1.807, 2.05) is 37.3 Å². The number of ketones is 1. The van der Waals surface area contributed by atoms with Gasteiger partial charge in [0.15, 0.2) is 0 Å². The number of rotatable bonds is 6. The summed E-state index contributed by atoms with van der Waals surface area (Å²) in [5.41, 5.74) is 3.82. The number of ether oxygens (including phenoxy) is 1. The van der Waals surface area contributed by atoms with E-state index in [2.05, 4.69) is 4.98 Å². The zero-order valence-electron chi connectivity index (χ0n) is 11.9. The normalized spacial score (nSPS) is 10.6. The van der Waals surface area contributed by atoms with Crippen molar-refractivity contribution >= 4 is 22.6 Å². The Morgan fingerprint density at radius 2 is 2.00 bits per heavy atom. The first-order valence-corrected chi connectivity index (χ1v) is 6.93. The van der Waals surface area contributed by atoms with Gasteiger partial charge in [-0.15, -0.1) is 0 Å². The van der Waals surface area contributed by atoms with Crippen LogP contribution < -0.4 is 0 Å². The first-order chi connectivity index (χ1) is 10.0. The number of benzene rings is 1. The Morgan fingerprint density at radius 1 is 1.29 bits per heavy atom. The number of carbonyl (C=O) groups excluding carboxylic acids is 2. The number of aromatic nitrogens is 1. The van der Waals surface area contributed by atoms with Gasteiger partial charge >= 0.3 is 0 Å². The molecule has 0 aliphatic heterocycles. The van der Waals surface area contributed by atoms with Gasteiger partial charge in [-0.25, -0.2) is 0 Å². The number of carbonyl (C=O) groups is 2. The molecule has 2 aromatic rings. The Hall–Kier alpha value is -1.91. The van der Waals surface area contributed by atoms with Gasteiger partial charge < -0.3 is 9.72 Å². The summed E-state index contributed by atoms with van der Waals surface area (Å²) in [5.74, 6) is -0.720. The van der Waals surface area contributed by atoms with E-state index in [9.17, 15) is 9.59 Å². The predicted octanol–water partition coefficient (Wildman–Crippen LogP) is 3.13. The van der Waals surface area contributed by atoms with E-state index in [1.165, 1.54) is 0 Å². The maximum absolute atomic E-state index is 11.9. The minimum absolute atomic E-state index is 0.241. The molecule has 0 saturated carbocycles. The molecule has 1 heterocycles. The third kappa shape index (κ3) is 3.40. The lowest BCUT2D eigenvalue weighted by Crippen LogP contribution is -2.11. The van der Waals surface area contributed by atoms with Gasteiger partial charge in [-0.1, -0.05) is 24.3 Å². The lowest BCUT2D eigenvalue weighted by Gasteiger charge is -2.02. The van der Waals surface area contributed by atoms with Crippen molar-refractivity contribution in [3.63, 3.8) is 0 Å². The van der Waals surface area contributed by atoms with E-state index in [1.54, 1.807) is 7.11 Å². The summed E-state index contributed by atoms with van der Waals surface area (Å²) in [6.45, 7) is 2.45. The van der Waals surface area contributed by atoms with Crippen LogP contribution in [-0.4, -0.2) is 29.7 Å². The molecule has 0 saturated heterocycles. The number of halogens is 1. The quantitative estimate of drug-likeness (QED) is 0.507. The molecule has 5 heteroatoms. The molecule has 0 amide bonds. The lowest BCUT2D eigenvalue weighted by molar-refractivity contribution is -0.108. The van der Waals surface area contributed by atoms with Crippen LogP contribution in [0.5, 0.6) is 0 Å². The topological polar surface area (TPSA) is 59.2 Å². The average molecular weight is 306 g/mol. The fourth-order valence-electron chi connectivity index (χ4n) is 2.23. The molecule has 0 bridgehead atoms. The molecule has 0 unspecified atom stereocenters. The van der Waals surface area contributed by atoms with Crippen LogP contribution in [0.15, 0.2) is 30.3 Å². The van der Waals surface area contributed by atoms with Gasteiger partial charge in [-0.2, -0.15) is 0 Å². The van der Waals surface area contributed by atoms with Crippen LogP contribution in [0.3, 0.4) is 0 Å². The van der Waals surface area contributed by atoms with Gasteiger partial charge in [0, 0.05) is 18.4 Å². The molecule has 0 atom stereocenters. The van der Waals surface area contributed by atoms with Crippen molar-refractivity contribution in [3.05, 3.63) is 47.2 Å². The van der Waals surface area contributed by atoms with Gasteiger partial charge in [0.2, 0.25) is 0 Å². The largest absolute Gasteiger partial charge is 0.384 e. The number of Topliss-reactive ketones (excluding diaryl/α,β-unsaturated/α-hetero) is 1. The lowest BCUT2D eigenvalue weighted by atomic mass is 10.1. The second-order valence-electron chi connectivity index (χ2n) is 4.74. The van der Waals surface area contributed by atoms with Crippen molar-refractivity contribution in [2.24, 2.45) is 0 Å². The van der Waals surface area contributed by atoms with Crippen molar-refractivity contribution in [1.82, 2.24) is 4.98 Å². The van der Waals surface area contributed by atoms with Crippen LogP contribution in [0.1, 0.15) is 21.6 Å². The molecule has 110 valence electrons. The summed E-state index contributed by atoms with van der Waals surface area (Å²) in [6.07, 6.45) is 0.532. The van der Waals surface area contributed by atoms with E-state index in [0.717, 1.165) is 22.4 Å². The van der Waals surface area contributed by atoms with Crippen molar-refractivity contribution in [2.45, 2.75) is 13.3 Å². The Kier molecular flexibility index (Phi) is 4.94. The minimum atomic E-state index is -0.994. The minimum Gasteiger partial charge on any atom is -0.384 e. The van der Waals surface area contributed by atoms with E-state index in [-0.39, 0.29) is 5.69 Å². The van der Waals surface area contributed by atoms with E-state index >= 15 is 0 Å². The number of methoxy groups -OCH3 is 1. The maximum Gasteiger partial charge on any atom is 0.294 e. The van der Waals surface area contributed by atoms with Gasteiger partial charge in [0.1, 0.15) is 0 Å². The van der Waals surface area contributed by atoms with E-state index in [0.29, 0.717) is 13.0 Å². The molecule has 0 radical (unpaired) electrons. The van der Waals surface area contributed by atoms with Crippen LogP contribution in [-0.2, 0) is 16.0 Å². The second kappa shape index (κ2) is 6.70. The first-order valence-electron chi connectivity index (χ1n) is 6.55. The van der Waals surface area contributed by atoms with Gasteiger partial charge in [0.25, 0.3) is 11.0 Å². The number of nitrogens with one attached hydrogen (secondary N) is 1. The highest BCUT2D eigenvalue weighted by atomic mass is 35.5. The number of hydrogen-bond acceptors (Lipinski definition) is 3. The SMILES string of the molecule is COCCc1cc(-c2ccccc2C)[nH]c1C(=O)C(=O)Cl. The molecule has 2 rings (SSSR count). The summed E-state index contributed by atoms with van der Waals surface area (Å²) in [4.78, 5) is 26.1. The zero-order chi connectivity index (χ0) is 15.4. The zero-order valence-corrected chi connectivity index (χ0v) is 12.7. The smallest absolute Gasteiger partial charge is 0.294 e. The standard InChI is InChI=1S/C16H16ClNO3/c1-10-5-3-4-6-12(10)13-9-11(7-8-21-2)14(18-13)15(19)16(17)20/h3-6,9,18H,7-8H2,1-2H3. The maximum atomic E-state index is 11.9. The summed E-state index contributed by atoms with van der Waals surface area (Å²) < 4.78 is 5.04. The molecular formula is C16H16ClNO3. The average Bonchev–Trinajstić information content (AvgIpc) is 2.88. The number of aryl methyl sites for hydroxylation is 1. The Morgan fingerprint density at radius 3 is 2.62 bits per heavy atom. The fourth-order valence-corrected chi connectivity index (χ4v) is 2.32. The highest BCUT2D eigenvalue weighted by molar-refractivity contribution is 6.83. The van der Waals surface area contributed by atoms with E-state index < -0.39 is 11.0 Å². The van der Waals surface area contributed by atoms with Crippen LogP contribution in [0.2, 0.25) is 0 Å². The van der Waals surface area contributed by atoms with Gasteiger partial charge in [-0.3, -0.25) is 9.59 Å².